The Hall–Kier alpha value is -2.08. The van der Waals surface area contributed by atoms with E-state index in [9.17, 15) is 9.18 Å². The summed E-state index contributed by atoms with van der Waals surface area (Å²) in [5.74, 6) is 0.621. The van der Waals surface area contributed by atoms with Crippen molar-refractivity contribution in [3.05, 3.63) is 47.4 Å². The molecule has 0 radical (unpaired) electrons. The second-order valence-corrected chi connectivity index (χ2v) is 5.30. The molecule has 1 heterocycles. The van der Waals surface area contributed by atoms with Crippen molar-refractivity contribution in [3.8, 4) is 5.75 Å². The first-order chi connectivity index (χ1) is 10.2. The lowest BCUT2D eigenvalue weighted by Crippen LogP contribution is -2.02. The first kappa shape index (κ1) is 15.3. The molecule has 0 saturated carbocycles. The zero-order chi connectivity index (χ0) is 15.2. The Morgan fingerprint density at radius 3 is 2.71 bits per heavy atom. The highest BCUT2D eigenvalue weighted by molar-refractivity contribution is 7.98. The minimum Gasteiger partial charge on any atom is -0.497 e. The van der Waals surface area contributed by atoms with Gasteiger partial charge in [0.15, 0.2) is 11.6 Å². The maximum absolute atomic E-state index is 14.1. The van der Waals surface area contributed by atoms with Gasteiger partial charge in [-0.1, -0.05) is 12.1 Å². The van der Waals surface area contributed by atoms with Crippen molar-refractivity contribution in [1.82, 2.24) is 4.98 Å². The number of thioether (sulfide) groups is 1. The number of carbonyl (C=O) groups excluding carboxylic acids is 1. The number of aldehydes is 1. The molecule has 110 valence electrons. The van der Waals surface area contributed by atoms with Crippen LogP contribution >= 0.6 is 11.8 Å². The fraction of sp³-hybridized carbons (Fsp3) is 0.200. The zero-order valence-corrected chi connectivity index (χ0v) is 12.3. The lowest BCUT2D eigenvalue weighted by molar-refractivity contribution is -0.107. The number of nitrogens with two attached hydrogens (primary N) is 1. The number of rotatable bonds is 6. The van der Waals surface area contributed by atoms with Gasteiger partial charge >= 0.3 is 0 Å². The van der Waals surface area contributed by atoms with E-state index in [0.29, 0.717) is 16.2 Å². The minimum absolute atomic E-state index is 0.120. The molecule has 0 aliphatic rings. The summed E-state index contributed by atoms with van der Waals surface area (Å²) in [5, 5.41) is 0. The first-order valence-electron chi connectivity index (χ1n) is 6.28. The van der Waals surface area contributed by atoms with Crippen molar-refractivity contribution >= 4 is 23.9 Å². The summed E-state index contributed by atoms with van der Waals surface area (Å²) in [7, 11) is 1.60. The van der Waals surface area contributed by atoms with Crippen LogP contribution in [-0.4, -0.2) is 18.4 Å². The number of aromatic nitrogens is 1. The van der Waals surface area contributed by atoms with Crippen LogP contribution in [0, 0.1) is 5.82 Å². The van der Waals surface area contributed by atoms with Crippen LogP contribution in [0.1, 0.15) is 11.1 Å². The normalized spacial score (nSPS) is 10.4. The Bertz CT molecular complexity index is 632. The number of nitrogens with zero attached hydrogens (tertiary/aromatic N) is 1. The zero-order valence-electron chi connectivity index (χ0n) is 11.5. The predicted octanol–water partition coefficient (Wildman–Crippen LogP) is 2.85. The van der Waals surface area contributed by atoms with Crippen LogP contribution in [0.5, 0.6) is 5.75 Å². The van der Waals surface area contributed by atoms with Crippen LogP contribution in [0.4, 0.5) is 10.2 Å². The SMILES string of the molecule is COc1ccc(CSc2c(CC=O)cnc(N)c2F)cc1. The van der Waals surface area contributed by atoms with Crippen molar-refractivity contribution in [2.75, 3.05) is 12.8 Å². The summed E-state index contributed by atoms with van der Waals surface area (Å²) < 4.78 is 19.2. The second-order valence-electron chi connectivity index (χ2n) is 4.32. The third kappa shape index (κ3) is 3.72. The van der Waals surface area contributed by atoms with Gasteiger partial charge in [-0.3, -0.25) is 0 Å². The van der Waals surface area contributed by atoms with Gasteiger partial charge in [0.2, 0.25) is 0 Å². The van der Waals surface area contributed by atoms with Crippen LogP contribution in [0.3, 0.4) is 0 Å². The van der Waals surface area contributed by atoms with Gasteiger partial charge in [0, 0.05) is 18.4 Å². The standard InChI is InChI=1S/C15H15FN2O2S/c1-20-12-4-2-10(3-5-12)9-21-14-11(6-7-19)8-18-15(17)13(14)16/h2-5,7-8H,6,9H2,1H3,(H2,17,18). The van der Waals surface area contributed by atoms with E-state index in [1.165, 1.54) is 18.0 Å². The number of carbonyl (C=O) groups is 1. The highest BCUT2D eigenvalue weighted by Gasteiger charge is 2.13. The maximum Gasteiger partial charge on any atom is 0.179 e. The van der Waals surface area contributed by atoms with Crippen LogP contribution in [0.15, 0.2) is 35.4 Å². The largest absolute Gasteiger partial charge is 0.497 e. The molecule has 0 atom stereocenters. The molecule has 0 unspecified atom stereocenters. The van der Waals surface area contributed by atoms with Crippen LogP contribution < -0.4 is 10.5 Å². The summed E-state index contributed by atoms with van der Waals surface area (Å²) in [6.07, 6.45) is 2.29. The molecule has 0 saturated heterocycles. The Morgan fingerprint density at radius 1 is 1.38 bits per heavy atom. The molecular formula is C15H15FN2O2S. The fourth-order valence-electron chi connectivity index (χ4n) is 1.79. The van der Waals surface area contributed by atoms with Crippen molar-refractivity contribution in [2.24, 2.45) is 0 Å². The Labute approximate surface area is 126 Å². The van der Waals surface area contributed by atoms with Gasteiger partial charge in [0.25, 0.3) is 0 Å². The third-order valence-corrected chi connectivity index (χ3v) is 4.13. The Kier molecular flexibility index (Phi) is 5.16. The molecule has 2 rings (SSSR count). The molecule has 0 fully saturated rings. The van der Waals surface area contributed by atoms with Gasteiger partial charge in [0.1, 0.15) is 12.0 Å². The molecule has 6 heteroatoms. The molecule has 0 spiro atoms. The monoisotopic (exact) mass is 306 g/mol. The minimum atomic E-state index is -0.562. The Balaban J connectivity index is 2.17. The average Bonchev–Trinajstić information content (AvgIpc) is 2.51. The van der Waals surface area contributed by atoms with Crippen LogP contribution in [0.25, 0.3) is 0 Å². The lowest BCUT2D eigenvalue weighted by atomic mass is 10.2. The van der Waals surface area contributed by atoms with Gasteiger partial charge in [0.05, 0.1) is 12.0 Å². The summed E-state index contributed by atoms with van der Waals surface area (Å²) in [6.45, 7) is 0. The summed E-state index contributed by atoms with van der Waals surface area (Å²) >= 11 is 1.30. The van der Waals surface area contributed by atoms with Crippen molar-refractivity contribution in [1.29, 1.82) is 0 Å². The molecule has 1 aromatic carbocycles. The van der Waals surface area contributed by atoms with E-state index in [1.54, 1.807) is 7.11 Å². The van der Waals surface area contributed by atoms with E-state index < -0.39 is 5.82 Å². The van der Waals surface area contributed by atoms with E-state index in [1.807, 2.05) is 24.3 Å². The molecule has 2 N–H and O–H groups in total. The molecule has 4 nitrogen and oxygen atoms in total. The van der Waals surface area contributed by atoms with Gasteiger partial charge in [-0.25, -0.2) is 9.37 Å². The first-order valence-corrected chi connectivity index (χ1v) is 7.26. The highest BCUT2D eigenvalue weighted by Crippen LogP contribution is 2.31. The molecule has 21 heavy (non-hydrogen) atoms. The van der Waals surface area contributed by atoms with Gasteiger partial charge in [-0.05, 0) is 23.3 Å². The molecular weight excluding hydrogens is 291 g/mol. The lowest BCUT2D eigenvalue weighted by Gasteiger charge is -2.10. The van der Waals surface area contributed by atoms with Crippen molar-refractivity contribution < 1.29 is 13.9 Å². The summed E-state index contributed by atoms with van der Waals surface area (Å²) in [4.78, 5) is 14.8. The number of benzene rings is 1. The van der Waals surface area contributed by atoms with E-state index in [-0.39, 0.29) is 12.2 Å². The van der Waals surface area contributed by atoms with Gasteiger partial charge < -0.3 is 15.3 Å². The quantitative estimate of drug-likeness (QED) is 0.656. The molecule has 1 aromatic heterocycles. The van der Waals surface area contributed by atoms with E-state index in [0.717, 1.165) is 17.6 Å². The number of hydrogen-bond acceptors (Lipinski definition) is 5. The molecule has 0 aliphatic carbocycles. The molecule has 0 amide bonds. The fourth-order valence-corrected chi connectivity index (χ4v) is 2.84. The number of anilines is 1. The second kappa shape index (κ2) is 7.08. The summed E-state index contributed by atoms with van der Waals surface area (Å²) in [5.41, 5.74) is 7.06. The van der Waals surface area contributed by atoms with Crippen LogP contribution in [0.2, 0.25) is 0 Å². The Morgan fingerprint density at radius 2 is 2.10 bits per heavy atom. The summed E-state index contributed by atoms with van der Waals surface area (Å²) in [6, 6.07) is 7.51. The molecule has 2 aromatic rings. The van der Waals surface area contributed by atoms with Crippen molar-refractivity contribution in [2.45, 2.75) is 17.1 Å². The maximum atomic E-state index is 14.1. The smallest absolute Gasteiger partial charge is 0.179 e. The number of halogens is 1. The van der Waals surface area contributed by atoms with E-state index >= 15 is 0 Å². The van der Waals surface area contributed by atoms with E-state index in [2.05, 4.69) is 4.98 Å². The average molecular weight is 306 g/mol. The number of hydrogen-bond donors (Lipinski definition) is 1. The van der Waals surface area contributed by atoms with Crippen molar-refractivity contribution in [3.63, 3.8) is 0 Å². The molecule has 0 aliphatic heterocycles. The number of nitrogen functional groups attached to an aromatic ring is 1. The van der Waals surface area contributed by atoms with E-state index in [4.69, 9.17) is 10.5 Å². The predicted molar refractivity (Wildman–Crippen MR) is 80.9 cm³/mol. The van der Waals surface area contributed by atoms with Gasteiger partial charge in [-0.2, -0.15) is 0 Å². The third-order valence-electron chi connectivity index (χ3n) is 2.92. The topological polar surface area (TPSA) is 65.2 Å². The van der Waals surface area contributed by atoms with Crippen LogP contribution in [-0.2, 0) is 17.0 Å². The number of methoxy groups -OCH3 is 1. The number of pyridine rings is 1. The number of ether oxygens (including phenoxy) is 1. The molecule has 0 bridgehead atoms. The van der Waals surface area contributed by atoms with Gasteiger partial charge in [-0.15, -0.1) is 11.8 Å². The highest BCUT2D eigenvalue weighted by atomic mass is 32.2.